The summed E-state index contributed by atoms with van der Waals surface area (Å²) in [5.41, 5.74) is 0.780. The van der Waals surface area contributed by atoms with Gasteiger partial charge in [-0.3, -0.25) is 10.1 Å². The zero-order valence-electron chi connectivity index (χ0n) is 13.8. The van der Waals surface area contributed by atoms with Gasteiger partial charge in [-0.1, -0.05) is 12.1 Å². The standard InChI is InChI=1S/C16H18N2O6S/c1-23-14-7-8-16(15(11-14)24-2)25(21,22)17-10-9-12-3-5-13(6-4-12)18(19)20/h3-8,11,17H,9-10H2,1-2H3. The van der Waals surface area contributed by atoms with Gasteiger partial charge in [0.25, 0.3) is 5.69 Å². The number of hydrogen-bond acceptors (Lipinski definition) is 6. The molecule has 134 valence electrons. The lowest BCUT2D eigenvalue weighted by molar-refractivity contribution is -0.384. The molecule has 0 bridgehead atoms. The van der Waals surface area contributed by atoms with Gasteiger partial charge in [-0.05, 0) is 24.1 Å². The van der Waals surface area contributed by atoms with E-state index in [1.54, 1.807) is 12.1 Å². The van der Waals surface area contributed by atoms with Crippen molar-refractivity contribution in [3.63, 3.8) is 0 Å². The number of nitrogens with zero attached hydrogens (tertiary/aromatic N) is 1. The summed E-state index contributed by atoms with van der Waals surface area (Å²) < 4.78 is 37.5. The van der Waals surface area contributed by atoms with Crippen LogP contribution in [0.4, 0.5) is 5.69 Å². The number of rotatable bonds is 8. The molecule has 0 saturated carbocycles. The predicted molar refractivity (Wildman–Crippen MR) is 91.5 cm³/mol. The summed E-state index contributed by atoms with van der Waals surface area (Å²) in [5, 5.41) is 10.6. The predicted octanol–water partition coefficient (Wildman–Crippen LogP) is 2.13. The summed E-state index contributed by atoms with van der Waals surface area (Å²) in [4.78, 5) is 10.1. The number of nitro benzene ring substituents is 1. The summed E-state index contributed by atoms with van der Waals surface area (Å²) in [6.07, 6.45) is 0.399. The lowest BCUT2D eigenvalue weighted by Crippen LogP contribution is -2.26. The van der Waals surface area contributed by atoms with Crippen molar-refractivity contribution in [1.82, 2.24) is 4.72 Å². The molecular formula is C16H18N2O6S. The molecule has 0 aromatic heterocycles. The van der Waals surface area contributed by atoms with Gasteiger partial charge in [0, 0.05) is 24.7 Å². The first-order valence-corrected chi connectivity index (χ1v) is 8.80. The van der Waals surface area contributed by atoms with Gasteiger partial charge in [0.2, 0.25) is 10.0 Å². The number of nitro groups is 1. The summed E-state index contributed by atoms with van der Waals surface area (Å²) in [5.74, 6) is 0.670. The molecule has 0 aliphatic carbocycles. The maximum Gasteiger partial charge on any atom is 0.269 e. The number of benzene rings is 2. The molecule has 0 aliphatic rings. The molecule has 0 radical (unpaired) electrons. The fraction of sp³-hybridized carbons (Fsp3) is 0.250. The Morgan fingerprint density at radius 2 is 1.76 bits per heavy atom. The van der Waals surface area contributed by atoms with E-state index in [9.17, 15) is 18.5 Å². The van der Waals surface area contributed by atoms with Crippen molar-refractivity contribution in [2.75, 3.05) is 20.8 Å². The minimum absolute atomic E-state index is 0.00713. The van der Waals surface area contributed by atoms with Gasteiger partial charge in [-0.25, -0.2) is 13.1 Å². The van der Waals surface area contributed by atoms with Gasteiger partial charge in [0.15, 0.2) is 0 Å². The Kier molecular flexibility index (Phi) is 5.94. The van der Waals surface area contributed by atoms with E-state index in [4.69, 9.17) is 9.47 Å². The maximum absolute atomic E-state index is 12.4. The van der Waals surface area contributed by atoms with Crippen LogP contribution in [0.5, 0.6) is 11.5 Å². The minimum atomic E-state index is -3.76. The average molecular weight is 366 g/mol. The zero-order valence-corrected chi connectivity index (χ0v) is 14.6. The van der Waals surface area contributed by atoms with E-state index in [0.29, 0.717) is 12.2 Å². The monoisotopic (exact) mass is 366 g/mol. The van der Waals surface area contributed by atoms with Crippen LogP contribution in [0.2, 0.25) is 0 Å². The number of methoxy groups -OCH3 is 2. The van der Waals surface area contributed by atoms with E-state index in [1.807, 2.05) is 0 Å². The Balaban J connectivity index is 2.05. The second kappa shape index (κ2) is 7.95. The van der Waals surface area contributed by atoms with Crippen LogP contribution in [0.25, 0.3) is 0 Å². The lowest BCUT2D eigenvalue weighted by Gasteiger charge is -2.12. The highest BCUT2D eigenvalue weighted by atomic mass is 32.2. The molecule has 2 aromatic carbocycles. The molecule has 0 saturated heterocycles. The summed E-state index contributed by atoms with van der Waals surface area (Å²) in [6.45, 7) is 0.148. The van der Waals surface area contributed by atoms with Gasteiger partial charge in [0.05, 0.1) is 19.1 Å². The highest BCUT2D eigenvalue weighted by Crippen LogP contribution is 2.28. The molecule has 0 amide bonds. The van der Waals surface area contributed by atoms with Gasteiger partial charge in [0.1, 0.15) is 16.4 Å². The van der Waals surface area contributed by atoms with Crippen LogP contribution in [-0.2, 0) is 16.4 Å². The van der Waals surface area contributed by atoms with E-state index in [2.05, 4.69) is 4.72 Å². The molecular weight excluding hydrogens is 348 g/mol. The van der Waals surface area contributed by atoms with Crippen molar-refractivity contribution >= 4 is 15.7 Å². The summed E-state index contributed by atoms with van der Waals surface area (Å²) in [6, 6.07) is 10.4. The largest absolute Gasteiger partial charge is 0.497 e. The van der Waals surface area contributed by atoms with Gasteiger partial charge in [-0.15, -0.1) is 0 Å². The Morgan fingerprint density at radius 1 is 1.08 bits per heavy atom. The van der Waals surface area contributed by atoms with Crippen molar-refractivity contribution < 1.29 is 22.8 Å². The van der Waals surface area contributed by atoms with Crippen LogP contribution < -0.4 is 14.2 Å². The molecule has 0 unspecified atom stereocenters. The Hall–Kier alpha value is -2.65. The summed E-state index contributed by atoms with van der Waals surface area (Å²) >= 11 is 0. The molecule has 1 N–H and O–H groups in total. The van der Waals surface area contributed by atoms with Gasteiger partial charge < -0.3 is 9.47 Å². The minimum Gasteiger partial charge on any atom is -0.497 e. The maximum atomic E-state index is 12.4. The van der Waals surface area contributed by atoms with Crippen LogP contribution in [0, 0.1) is 10.1 Å². The normalized spacial score (nSPS) is 11.1. The first kappa shape index (κ1) is 18.7. The van der Waals surface area contributed by atoms with E-state index >= 15 is 0 Å². The highest BCUT2D eigenvalue weighted by Gasteiger charge is 2.19. The third kappa shape index (κ3) is 4.68. The van der Waals surface area contributed by atoms with Gasteiger partial charge >= 0.3 is 0 Å². The van der Waals surface area contributed by atoms with Crippen LogP contribution in [-0.4, -0.2) is 34.1 Å². The third-order valence-electron chi connectivity index (χ3n) is 3.51. The second-order valence-electron chi connectivity index (χ2n) is 5.09. The molecule has 0 atom stereocenters. The van der Waals surface area contributed by atoms with Crippen LogP contribution in [0.3, 0.4) is 0 Å². The number of sulfonamides is 1. The van der Waals surface area contributed by atoms with Crippen molar-refractivity contribution in [3.8, 4) is 11.5 Å². The molecule has 0 aliphatic heterocycles. The molecule has 0 fully saturated rings. The van der Waals surface area contributed by atoms with E-state index in [-0.39, 0.29) is 22.9 Å². The van der Waals surface area contributed by atoms with Crippen LogP contribution in [0.1, 0.15) is 5.56 Å². The molecule has 2 aromatic rings. The zero-order chi connectivity index (χ0) is 18.4. The number of nitrogens with one attached hydrogen (secondary N) is 1. The van der Waals surface area contributed by atoms with E-state index in [1.165, 1.54) is 44.6 Å². The summed E-state index contributed by atoms with van der Waals surface area (Å²) in [7, 11) is -0.901. The van der Waals surface area contributed by atoms with E-state index < -0.39 is 14.9 Å². The molecule has 25 heavy (non-hydrogen) atoms. The molecule has 0 spiro atoms. The number of hydrogen-bond donors (Lipinski definition) is 1. The second-order valence-corrected chi connectivity index (χ2v) is 6.82. The van der Waals surface area contributed by atoms with Crippen LogP contribution >= 0.6 is 0 Å². The number of non-ortho nitro benzene ring substituents is 1. The smallest absolute Gasteiger partial charge is 0.269 e. The third-order valence-corrected chi connectivity index (χ3v) is 5.01. The number of ether oxygens (including phenoxy) is 2. The Labute approximate surface area is 145 Å². The molecule has 2 rings (SSSR count). The SMILES string of the molecule is COc1ccc(S(=O)(=O)NCCc2ccc([N+](=O)[O-])cc2)c(OC)c1. The van der Waals surface area contributed by atoms with Crippen molar-refractivity contribution in [2.45, 2.75) is 11.3 Å². The first-order chi connectivity index (χ1) is 11.9. The Bertz CT molecular complexity index is 849. The fourth-order valence-corrected chi connectivity index (χ4v) is 3.37. The molecule has 9 heteroatoms. The van der Waals surface area contributed by atoms with Crippen LogP contribution in [0.15, 0.2) is 47.4 Å². The average Bonchev–Trinajstić information content (AvgIpc) is 2.61. The Morgan fingerprint density at radius 3 is 2.32 bits per heavy atom. The lowest BCUT2D eigenvalue weighted by atomic mass is 10.1. The van der Waals surface area contributed by atoms with Crippen molar-refractivity contribution in [2.24, 2.45) is 0 Å². The van der Waals surface area contributed by atoms with Gasteiger partial charge in [-0.2, -0.15) is 0 Å². The fourth-order valence-electron chi connectivity index (χ4n) is 2.19. The molecule has 8 nitrogen and oxygen atoms in total. The van der Waals surface area contributed by atoms with Crippen molar-refractivity contribution in [3.05, 3.63) is 58.1 Å². The highest BCUT2D eigenvalue weighted by molar-refractivity contribution is 7.89. The topological polar surface area (TPSA) is 108 Å². The first-order valence-electron chi connectivity index (χ1n) is 7.32. The quantitative estimate of drug-likeness (QED) is 0.566. The molecule has 0 heterocycles. The van der Waals surface area contributed by atoms with Crippen molar-refractivity contribution in [1.29, 1.82) is 0 Å². The van der Waals surface area contributed by atoms with E-state index in [0.717, 1.165) is 5.56 Å².